The molecular formula is C10H12I. The summed E-state index contributed by atoms with van der Waals surface area (Å²) < 4.78 is 1.27. The fourth-order valence-corrected chi connectivity index (χ4v) is 1.30. The maximum atomic E-state index is 3.26. The largest absolute Gasteiger partial charge is 0.0654 e. The van der Waals surface area contributed by atoms with Gasteiger partial charge in [-0.25, -0.2) is 0 Å². The first kappa shape index (κ1) is 9.04. The zero-order chi connectivity index (χ0) is 8.10. The second-order valence-electron chi connectivity index (χ2n) is 2.64. The highest BCUT2D eigenvalue weighted by atomic mass is 127. The maximum Gasteiger partial charge on any atom is 0.0136 e. The minimum absolute atomic E-state index is 1.17. The quantitative estimate of drug-likeness (QED) is 0.729. The normalized spacial score (nSPS) is 10.0. The van der Waals surface area contributed by atoms with Gasteiger partial charge >= 0.3 is 0 Å². The van der Waals surface area contributed by atoms with Crippen LogP contribution in [0.4, 0.5) is 0 Å². The predicted octanol–water partition coefficient (Wildman–Crippen LogP) is 3.43. The van der Waals surface area contributed by atoms with Crippen molar-refractivity contribution < 1.29 is 0 Å². The summed E-state index contributed by atoms with van der Waals surface area (Å²) in [5, 5.41) is 0. The van der Waals surface area contributed by atoms with E-state index in [1.165, 1.54) is 28.4 Å². The molecule has 1 rings (SSSR count). The van der Waals surface area contributed by atoms with E-state index < -0.39 is 0 Å². The number of hydrogen-bond acceptors (Lipinski definition) is 0. The molecule has 0 spiro atoms. The fourth-order valence-electron chi connectivity index (χ4n) is 0.961. The Morgan fingerprint density at radius 2 is 2.27 bits per heavy atom. The lowest BCUT2D eigenvalue weighted by Crippen LogP contribution is -1.84. The first-order chi connectivity index (χ1) is 5.33. The van der Waals surface area contributed by atoms with Gasteiger partial charge in [0, 0.05) is 3.57 Å². The number of halogens is 1. The van der Waals surface area contributed by atoms with Gasteiger partial charge < -0.3 is 0 Å². The molecule has 1 heteroatoms. The van der Waals surface area contributed by atoms with Crippen LogP contribution in [-0.2, 0) is 6.42 Å². The molecule has 1 radical (unpaired) electrons. The summed E-state index contributed by atoms with van der Waals surface area (Å²) in [5.41, 5.74) is 1.34. The topological polar surface area (TPSA) is 0 Å². The Bertz CT molecular complexity index is 201. The van der Waals surface area contributed by atoms with Gasteiger partial charge in [-0.05, 0) is 59.2 Å². The van der Waals surface area contributed by atoms with Gasteiger partial charge in [-0.3, -0.25) is 0 Å². The summed E-state index contributed by atoms with van der Waals surface area (Å²) >= 11 is 2.30. The molecule has 0 aliphatic rings. The van der Waals surface area contributed by atoms with Crippen LogP contribution in [0.15, 0.2) is 18.2 Å². The number of rotatable bonds is 3. The van der Waals surface area contributed by atoms with Crippen molar-refractivity contribution in [1.82, 2.24) is 0 Å². The summed E-state index contributed by atoms with van der Waals surface area (Å²) in [5.74, 6) is 0. The first-order valence-electron chi connectivity index (χ1n) is 3.99. The van der Waals surface area contributed by atoms with Crippen LogP contribution in [0.2, 0.25) is 0 Å². The maximum absolute atomic E-state index is 3.26. The second kappa shape index (κ2) is 4.75. The monoisotopic (exact) mass is 259 g/mol. The molecule has 1 aromatic rings. The molecule has 0 bridgehead atoms. The smallest absolute Gasteiger partial charge is 0.0136 e. The summed E-state index contributed by atoms with van der Waals surface area (Å²) in [4.78, 5) is 0. The van der Waals surface area contributed by atoms with Crippen LogP contribution in [-0.4, -0.2) is 0 Å². The molecule has 0 unspecified atom stereocenters. The van der Waals surface area contributed by atoms with Crippen molar-refractivity contribution in [2.45, 2.75) is 26.2 Å². The molecule has 0 aliphatic heterocycles. The van der Waals surface area contributed by atoms with Crippen molar-refractivity contribution in [3.63, 3.8) is 0 Å². The van der Waals surface area contributed by atoms with Crippen LogP contribution in [0.1, 0.15) is 25.3 Å². The molecule has 1 aromatic carbocycles. The third-order valence-corrected chi connectivity index (χ3v) is 2.31. The molecule has 0 heterocycles. The second-order valence-corrected chi connectivity index (χ2v) is 3.88. The molecule has 0 atom stereocenters. The van der Waals surface area contributed by atoms with E-state index in [4.69, 9.17) is 0 Å². The first-order valence-corrected chi connectivity index (χ1v) is 5.07. The molecule has 0 nitrogen and oxygen atoms in total. The lowest BCUT2D eigenvalue weighted by atomic mass is 10.1. The average molecular weight is 259 g/mol. The zero-order valence-corrected chi connectivity index (χ0v) is 8.89. The van der Waals surface area contributed by atoms with Crippen LogP contribution in [0.5, 0.6) is 0 Å². The highest BCUT2D eigenvalue weighted by Crippen LogP contribution is 2.08. The molecule has 0 amide bonds. The Hall–Kier alpha value is -0.0500. The van der Waals surface area contributed by atoms with Gasteiger partial charge in [-0.2, -0.15) is 0 Å². The van der Waals surface area contributed by atoms with Crippen LogP contribution in [0, 0.1) is 9.64 Å². The molecule has 0 aromatic heterocycles. The van der Waals surface area contributed by atoms with Gasteiger partial charge in [0.2, 0.25) is 0 Å². The summed E-state index contributed by atoms with van der Waals surface area (Å²) in [6, 6.07) is 9.62. The summed E-state index contributed by atoms with van der Waals surface area (Å²) in [6.07, 6.45) is 3.71. The number of benzene rings is 1. The van der Waals surface area contributed by atoms with E-state index >= 15 is 0 Å². The third kappa shape index (κ3) is 3.23. The van der Waals surface area contributed by atoms with Gasteiger partial charge in [0.15, 0.2) is 0 Å². The molecule has 0 fully saturated rings. The van der Waals surface area contributed by atoms with Gasteiger partial charge in [-0.1, -0.05) is 19.4 Å². The van der Waals surface area contributed by atoms with E-state index in [1.807, 2.05) is 6.07 Å². The molecule has 0 saturated carbocycles. The van der Waals surface area contributed by atoms with Gasteiger partial charge in [0.1, 0.15) is 0 Å². The van der Waals surface area contributed by atoms with Crippen molar-refractivity contribution >= 4 is 22.6 Å². The standard InChI is InChI=1S/C10H12I/c1-2-3-4-9-5-7-10(11)8-6-9/h5,7-8H,2-4H2,1H3. The zero-order valence-electron chi connectivity index (χ0n) is 6.73. The predicted molar refractivity (Wildman–Crippen MR) is 56.6 cm³/mol. The average Bonchev–Trinajstić information content (AvgIpc) is 2.04. The van der Waals surface area contributed by atoms with E-state index in [0.29, 0.717) is 0 Å². The highest BCUT2D eigenvalue weighted by Gasteiger charge is 1.91. The number of unbranched alkanes of at least 4 members (excludes halogenated alkanes) is 1. The Morgan fingerprint density at radius 3 is 2.82 bits per heavy atom. The lowest BCUT2D eigenvalue weighted by Gasteiger charge is -1.97. The van der Waals surface area contributed by atoms with E-state index in [2.05, 4.69) is 47.7 Å². The van der Waals surface area contributed by atoms with Crippen molar-refractivity contribution in [2.24, 2.45) is 0 Å². The van der Waals surface area contributed by atoms with E-state index in [1.54, 1.807) is 0 Å². The Kier molecular flexibility index (Phi) is 3.91. The van der Waals surface area contributed by atoms with E-state index in [-0.39, 0.29) is 0 Å². The fraction of sp³-hybridized carbons (Fsp3) is 0.400. The van der Waals surface area contributed by atoms with Crippen LogP contribution in [0.25, 0.3) is 0 Å². The van der Waals surface area contributed by atoms with Crippen LogP contribution >= 0.6 is 22.6 Å². The lowest BCUT2D eigenvalue weighted by molar-refractivity contribution is 0.794. The van der Waals surface area contributed by atoms with Crippen molar-refractivity contribution in [3.8, 4) is 0 Å². The summed E-state index contributed by atoms with van der Waals surface area (Å²) in [6.45, 7) is 2.21. The SMILES string of the molecule is CCCCc1[c]cc(I)cc1. The molecule has 0 aliphatic carbocycles. The van der Waals surface area contributed by atoms with Crippen molar-refractivity contribution in [2.75, 3.05) is 0 Å². The van der Waals surface area contributed by atoms with Gasteiger partial charge in [0.05, 0.1) is 0 Å². The van der Waals surface area contributed by atoms with Crippen molar-refractivity contribution in [1.29, 1.82) is 0 Å². The van der Waals surface area contributed by atoms with Crippen molar-refractivity contribution in [3.05, 3.63) is 33.4 Å². The number of hydrogen-bond donors (Lipinski definition) is 0. The van der Waals surface area contributed by atoms with Crippen LogP contribution < -0.4 is 0 Å². The minimum atomic E-state index is 1.17. The Morgan fingerprint density at radius 1 is 1.45 bits per heavy atom. The van der Waals surface area contributed by atoms with Gasteiger partial charge in [-0.15, -0.1) is 0 Å². The molecular weight excluding hydrogens is 247 g/mol. The van der Waals surface area contributed by atoms with Crippen LogP contribution in [0.3, 0.4) is 0 Å². The highest BCUT2D eigenvalue weighted by molar-refractivity contribution is 14.1. The molecule has 59 valence electrons. The Labute approximate surface area is 82.2 Å². The summed E-state index contributed by atoms with van der Waals surface area (Å²) in [7, 11) is 0. The minimum Gasteiger partial charge on any atom is -0.0654 e. The number of aryl methyl sites for hydroxylation is 1. The molecule has 11 heavy (non-hydrogen) atoms. The van der Waals surface area contributed by atoms with E-state index in [9.17, 15) is 0 Å². The van der Waals surface area contributed by atoms with Gasteiger partial charge in [0.25, 0.3) is 0 Å². The Balaban J connectivity index is 2.52. The molecule has 0 N–H and O–H groups in total. The molecule has 0 saturated heterocycles. The van der Waals surface area contributed by atoms with E-state index in [0.717, 1.165) is 0 Å². The third-order valence-electron chi connectivity index (χ3n) is 1.64.